The molecule has 0 radical (unpaired) electrons. The van der Waals surface area contributed by atoms with Gasteiger partial charge in [0.1, 0.15) is 64.6 Å². The third-order valence-electron chi connectivity index (χ3n) is 10.7. The predicted molar refractivity (Wildman–Crippen MR) is 267 cm³/mol. The van der Waals surface area contributed by atoms with Gasteiger partial charge in [-0.2, -0.15) is 0 Å². The molecule has 2 fully saturated rings. The molecule has 6 rings (SSSR count). The molecule has 3 amide bonds. The Labute approximate surface area is 422 Å². The number of hydrogen-bond donors (Lipinski definition) is 2. The fourth-order valence-corrected chi connectivity index (χ4v) is 8.09. The van der Waals surface area contributed by atoms with Crippen LogP contribution in [-0.4, -0.2) is 132 Å². The van der Waals surface area contributed by atoms with Crippen molar-refractivity contribution in [2.75, 3.05) is 31.5 Å². The summed E-state index contributed by atoms with van der Waals surface area (Å²) in [7, 11) is 0. The maximum atomic E-state index is 13.9. The molecule has 4 heterocycles. The summed E-state index contributed by atoms with van der Waals surface area (Å²) < 4.78 is 50.5. The van der Waals surface area contributed by atoms with Gasteiger partial charge < -0.3 is 53.0 Å². The Morgan fingerprint density at radius 2 is 1.38 bits per heavy atom. The van der Waals surface area contributed by atoms with Crippen LogP contribution in [0.1, 0.15) is 122 Å². The number of rotatable bonds is 17. The van der Waals surface area contributed by atoms with Crippen molar-refractivity contribution in [2.24, 2.45) is 0 Å². The van der Waals surface area contributed by atoms with Crippen molar-refractivity contribution in [3.05, 3.63) is 72.8 Å². The molecule has 2 aromatic heterocycles. The largest absolute Gasteiger partial charge is 0.458 e. The van der Waals surface area contributed by atoms with Crippen LogP contribution in [0, 0.1) is 0 Å². The minimum atomic E-state index is -1.08. The zero-order valence-corrected chi connectivity index (χ0v) is 44.3. The van der Waals surface area contributed by atoms with Gasteiger partial charge in [0.2, 0.25) is 0 Å². The van der Waals surface area contributed by atoms with E-state index in [-0.39, 0.29) is 38.4 Å². The quantitative estimate of drug-likeness (QED) is 0.0745. The van der Waals surface area contributed by atoms with Gasteiger partial charge >= 0.3 is 24.2 Å². The number of nitrogens with zero attached hydrogens (tertiary/aromatic N) is 6. The summed E-state index contributed by atoms with van der Waals surface area (Å²) in [4.78, 5) is 70.8. The van der Waals surface area contributed by atoms with Crippen LogP contribution in [0.2, 0.25) is 0 Å². The van der Waals surface area contributed by atoms with Crippen molar-refractivity contribution >= 4 is 41.2 Å². The van der Waals surface area contributed by atoms with Gasteiger partial charge in [-0.25, -0.2) is 34.1 Å². The Morgan fingerprint density at radius 3 is 2.04 bits per heavy atom. The standard InChI is InChI=1S/C52H74N8O12/c1-48(2,3)69-44(61)36(56-45(62)70-49(4,5)6)24-27-58(25-19-26-59(47(64)72-51(10,11)12)29-33-20-18-23-35(28-33)65-34-21-16-15-17-22-34)30-37-39-40(68-52(13,14)67-39)43(66-37)60-32-55-38-41(53-31-54-42(38)60)57-46(63)71-50(7,8)9/h15-18,20-23,28,31-32,36-37,39-40,43H,19,24-27,29-30H2,1-14H3,(H,56,62)(H,53,54,57,63)/t36-,37+,39+,40+,43+/m0/s1. The number of esters is 1. The molecule has 2 aliphatic heterocycles. The number of nitrogens with one attached hydrogen (secondary N) is 2. The van der Waals surface area contributed by atoms with Crippen molar-refractivity contribution in [3.63, 3.8) is 0 Å². The van der Waals surface area contributed by atoms with E-state index in [9.17, 15) is 19.2 Å². The lowest BCUT2D eigenvalue weighted by molar-refractivity contribution is -0.198. The molecule has 0 bridgehead atoms. The van der Waals surface area contributed by atoms with Gasteiger partial charge in [-0.1, -0.05) is 30.3 Å². The van der Waals surface area contributed by atoms with Crippen LogP contribution in [0.3, 0.4) is 0 Å². The third-order valence-corrected chi connectivity index (χ3v) is 10.7. The van der Waals surface area contributed by atoms with Crippen LogP contribution < -0.4 is 15.4 Å². The van der Waals surface area contributed by atoms with Crippen molar-refractivity contribution in [1.82, 2.24) is 34.6 Å². The van der Waals surface area contributed by atoms with E-state index in [1.807, 2.05) is 89.2 Å². The molecule has 20 heteroatoms. The van der Waals surface area contributed by atoms with E-state index < -0.39 is 83.0 Å². The van der Waals surface area contributed by atoms with Crippen LogP contribution in [-0.2, 0) is 44.5 Å². The maximum Gasteiger partial charge on any atom is 0.413 e. The Morgan fingerprint density at radius 1 is 0.736 bits per heavy atom. The van der Waals surface area contributed by atoms with Gasteiger partial charge in [-0.05, 0) is 146 Å². The zero-order valence-electron chi connectivity index (χ0n) is 44.3. The van der Waals surface area contributed by atoms with Gasteiger partial charge in [0.25, 0.3) is 0 Å². The number of carbonyl (C=O) groups is 4. The fraction of sp³-hybridized carbons (Fsp3) is 0.596. The van der Waals surface area contributed by atoms with E-state index in [1.165, 1.54) is 6.33 Å². The topological polar surface area (TPSA) is 216 Å². The highest BCUT2D eigenvalue weighted by molar-refractivity contribution is 5.93. The Balaban J connectivity index is 1.28. The highest BCUT2D eigenvalue weighted by Crippen LogP contribution is 2.44. The van der Waals surface area contributed by atoms with Crippen LogP contribution in [0.5, 0.6) is 11.5 Å². The van der Waals surface area contributed by atoms with Crippen molar-refractivity contribution in [1.29, 1.82) is 0 Å². The fourth-order valence-electron chi connectivity index (χ4n) is 8.09. The number of benzene rings is 2. The van der Waals surface area contributed by atoms with Crippen LogP contribution in [0.15, 0.2) is 67.3 Å². The Bertz CT molecular complexity index is 2490. The Kier molecular flexibility index (Phi) is 17.1. The number of hydrogen-bond acceptors (Lipinski definition) is 16. The monoisotopic (exact) mass is 1000 g/mol. The van der Waals surface area contributed by atoms with E-state index in [1.54, 1.807) is 78.1 Å². The number of alkyl carbamates (subject to hydrolysis) is 1. The second kappa shape index (κ2) is 22.4. The normalized spacial score (nSPS) is 19.3. The highest BCUT2D eigenvalue weighted by Gasteiger charge is 2.56. The third kappa shape index (κ3) is 16.5. The van der Waals surface area contributed by atoms with E-state index >= 15 is 0 Å². The van der Waals surface area contributed by atoms with Crippen molar-refractivity contribution in [2.45, 2.75) is 175 Å². The Hall–Kier alpha value is -6.09. The molecular formula is C52H74N8O12. The number of para-hydroxylation sites is 1. The average Bonchev–Trinajstić information content (AvgIpc) is 3.90. The van der Waals surface area contributed by atoms with Gasteiger partial charge in [-0.15, -0.1) is 0 Å². The summed E-state index contributed by atoms with van der Waals surface area (Å²) in [6.45, 7) is 26.4. The molecule has 4 aromatic rings. The second-order valence-corrected chi connectivity index (χ2v) is 22.4. The first-order valence-corrected chi connectivity index (χ1v) is 24.4. The van der Waals surface area contributed by atoms with Gasteiger partial charge in [-0.3, -0.25) is 9.88 Å². The average molecular weight is 1000 g/mol. The molecule has 0 aliphatic carbocycles. The number of carbonyl (C=O) groups excluding carboxylic acids is 4. The van der Waals surface area contributed by atoms with Crippen molar-refractivity contribution < 1.29 is 57.1 Å². The molecule has 2 aliphatic rings. The van der Waals surface area contributed by atoms with Gasteiger partial charge in [0.05, 0.1) is 6.33 Å². The van der Waals surface area contributed by atoms with E-state index in [0.29, 0.717) is 35.6 Å². The molecule has 2 aromatic carbocycles. The molecule has 5 atom stereocenters. The van der Waals surface area contributed by atoms with E-state index in [4.69, 9.17) is 37.9 Å². The minimum absolute atomic E-state index is 0.127. The summed E-state index contributed by atoms with van der Waals surface area (Å²) in [6, 6.07) is 15.9. The molecule has 0 unspecified atom stereocenters. The van der Waals surface area contributed by atoms with E-state index in [0.717, 1.165) is 5.56 Å². The first kappa shape index (κ1) is 55.2. The number of ether oxygens (including phenoxy) is 8. The molecule has 0 saturated carbocycles. The van der Waals surface area contributed by atoms with Crippen LogP contribution >= 0.6 is 0 Å². The molecule has 2 N–H and O–H groups in total. The lowest BCUT2D eigenvalue weighted by atomic mass is 10.1. The predicted octanol–water partition coefficient (Wildman–Crippen LogP) is 9.14. The van der Waals surface area contributed by atoms with Crippen LogP contribution in [0.25, 0.3) is 11.2 Å². The van der Waals surface area contributed by atoms with Crippen LogP contribution in [0.4, 0.5) is 20.2 Å². The zero-order chi connectivity index (χ0) is 52.8. The molecule has 72 heavy (non-hydrogen) atoms. The SMILES string of the molecule is CC(C)(C)OC(=O)Nc1ncnc2c1ncn2[C@@H]1O[C@H](CN(CCCN(Cc2cccc(Oc3ccccc3)c2)C(=O)OC(C)(C)C)CC[C@H](NC(=O)OC(C)(C)C)C(=O)OC(C)(C)C)[C@H]2OC(C)(C)O[C@H]21. The number of anilines is 1. The molecule has 0 spiro atoms. The smallest absolute Gasteiger partial charge is 0.413 e. The number of aromatic nitrogens is 4. The first-order valence-electron chi connectivity index (χ1n) is 24.4. The molecule has 2 saturated heterocycles. The molecule has 394 valence electrons. The van der Waals surface area contributed by atoms with Gasteiger partial charge in [0.15, 0.2) is 29.0 Å². The summed E-state index contributed by atoms with van der Waals surface area (Å²) in [6.07, 6.45) is -1.11. The number of fused-ring (bicyclic) bond motifs is 2. The van der Waals surface area contributed by atoms with E-state index in [2.05, 4.69) is 30.5 Å². The molecular weight excluding hydrogens is 929 g/mol. The lowest BCUT2D eigenvalue weighted by Crippen LogP contribution is -2.48. The second-order valence-electron chi connectivity index (χ2n) is 22.4. The highest BCUT2D eigenvalue weighted by atomic mass is 16.8. The maximum absolute atomic E-state index is 13.9. The number of amides is 3. The number of imidazole rings is 1. The molecule has 20 nitrogen and oxygen atoms in total. The van der Waals surface area contributed by atoms with Gasteiger partial charge in [0, 0.05) is 26.2 Å². The van der Waals surface area contributed by atoms with Crippen molar-refractivity contribution in [3.8, 4) is 11.5 Å². The summed E-state index contributed by atoms with van der Waals surface area (Å²) in [5.41, 5.74) is -1.65. The first-order chi connectivity index (χ1) is 33.5. The minimum Gasteiger partial charge on any atom is -0.458 e. The lowest BCUT2D eigenvalue weighted by Gasteiger charge is -2.32. The summed E-state index contributed by atoms with van der Waals surface area (Å²) in [5, 5.41) is 5.43. The summed E-state index contributed by atoms with van der Waals surface area (Å²) in [5.74, 6) is -0.153. The summed E-state index contributed by atoms with van der Waals surface area (Å²) >= 11 is 0.